The second-order valence-electron chi connectivity index (χ2n) is 4.68. The molecule has 0 amide bonds. The second kappa shape index (κ2) is 6.34. The van der Waals surface area contributed by atoms with Crippen LogP contribution in [0.1, 0.15) is 26.3 Å². The van der Waals surface area contributed by atoms with Crippen molar-refractivity contribution in [3.05, 3.63) is 17.9 Å². The first kappa shape index (κ1) is 15.6. The largest absolute Gasteiger partial charge is 0.494 e. The zero-order valence-electron chi connectivity index (χ0n) is 12.1. The summed E-state index contributed by atoms with van der Waals surface area (Å²) in [6.45, 7) is 4.05. The molecule has 7 heteroatoms. The van der Waals surface area contributed by atoms with Crippen LogP contribution in [0.5, 0.6) is 5.75 Å². The van der Waals surface area contributed by atoms with E-state index in [-0.39, 0.29) is 17.5 Å². The highest BCUT2D eigenvalue weighted by atomic mass is 32.2. The number of aromatic nitrogens is 2. The third-order valence-electron chi connectivity index (χ3n) is 3.29. The Labute approximate surface area is 126 Å². The molecule has 0 spiro atoms. The van der Waals surface area contributed by atoms with E-state index in [0.717, 1.165) is 23.7 Å². The van der Waals surface area contributed by atoms with Crippen molar-refractivity contribution in [1.82, 2.24) is 9.55 Å². The van der Waals surface area contributed by atoms with Gasteiger partial charge in [0.1, 0.15) is 0 Å². The maximum absolute atomic E-state index is 13.8. The summed E-state index contributed by atoms with van der Waals surface area (Å²) in [6.07, 6.45) is 0.853. The summed E-state index contributed by atoms with van der Waals surface area (Å²) in [5.74, 6) is -1.32. The molecule has 1 atom stereocenters. The van der Waals surface area contributed by atoms with Crippen LogP contribution in [0.15, 0.2) is 17.3 Å². The number of fused-ring (bicyclic) bond motifs is 1. The topological polar surface area (TPSA) is 64.4 Å². The Hall–Kier alpha value is -1.76. The van der Waals surface area contributed by atoms with E-state index in [4.69, 9.17) is 9.84 Å². The molecule has 1 N–H and O–H groups in total. The van der Waals surface area contributed by atoms with Crippen LogP contribution in [0.2, 0.25) is 0 Å². The fourth-order valence-electron chi connectivity index (χ4n) is 2.07. The van der Waals surface area contributed by atoms with Crippen LogP contribution in [0.4, 0.5) is 4.39 Å². The molecule has 1 unspecified atom stereocenters. The number of thioether (sulfide) groups is 1. The van der Waals surface area contributed by atoms with Gasteiger partial charge in [0.05, 0.1) is 23.9 Å². The van der Waals surface area contributed by atoms with E-state index >= 15 is 0 Å². The Balaban J connectivity index is 2.58. The summed E-state index contributed by atoms with van der Waals surface area (Å²) in [6, 6.07) is 3.05. The van der Waals surface area contributed by atoms with Gasteiger partial charge in [-0.25, -0.2) is 9.37 Å². The number of carbonyl (C=O) groups is 1. The van der Waals surface area contributed by atoms with E-state index in [1.54, 1.807) is 6.07 Å². The number of benzene rings is 1. The molecule has 0 bridgehead atoms. The molecule has 0 saturated carbocycles. The average Bonchev–Trinajstić information content (AvgIpc) is 2.80. The number of ether oxygens (including phenoxy) is 1. The van der Waals surface area contributed by atoms with Gasteiger partial charge in [0.15, 0.2) is 16.7 Å². The molecular weight excluding hydrogens is 295 g/mol. The van der Waals surface area contributed by atoms with E-state index < -0.39 is 11.8 Å². The van der Waals surface area contributed by atoms with Gasteiger partial charge in [0.25, 0.3) is 0 Å². The smallest absolute Gasteiger partial charge is 0.313 e. The number of aliphatic carboxylic acids is 1. The van der Waals surface area contributed by atoms with Crippen molar-refractivity contribution in [2.45, 2.75) is 31.5 Å². The Morgan fingerprint density at radius 3 is 2.86 bits per heavy atom. The van der Waals surface area contributed by atoms with Crippen molar-refractivity contribution < 1.29 is 19.0 Å². The quantitative estimate of drug-likeness (QED) is 0.829. The number of imidazole rings is 1. The highest BCUT2D eigenvalue weighted by Crippen LogP contribution is 2.32. The van der Waals surface area contributed by atoms with Crippen LogP contribution in [0, 0.1) is 5.82 Å². The Morgan fingerprint density at radius 1 is 1.57 bits per heavy atom. The second-order valence-corrected chi connectivity index (χ2v) is 5.62. The van der Waals surface area contributed by atoms with Crippen LogP contribution in [-0.2, 0) is 4.79 Å². The lowest BCUT2D eigenvalue weighted by atomic mass is 10.2. The SMILES string of the molecule is CCC(C)n1c(SCC(=O)O)nc2cc(F)c(OC)cc21. The zero-order valence-corrected chi connectivity index (χ0v) is 12.9. The molecule has 1 aromatic carbocycles. The summed E-state index contributed by atoms with van der Waals surface area (Å²) >= 11 is 1.13. The minimum absolute atomic E-state index is 0.0840. The van der Waals surface area contributed by atoms with Crippen molar-refractivity contribution in [3.8, 4) is 5.75 Å². The first-order valence-electron chi connectivity index (χ1n) is 6.58. The minimum atomic E-state index is -0.911. The summed E-state index contributed by atoms with van der Waals surface area (Å²) in [5, 5.41) is 9.40. The summed E-state index contributed by atoms with van der Waals surface area (Å²) < 4.78 is 20.7. The predicted octanol–water partition coefficient (Wildman–Crippen LogP) is 3.33. The number of hydrogen-bond donors (Lipinski definition) is 1. The molecule has 0 saturated heterocycles. The highest BCUT2D eigenvalue weighted by Gasteiger charge is 2.18. The van der Waals surface area contributed by atoms with Crippen molar-refractivity contribution >= 4 is 28.8 Å². The Kier molecular flexibility index (Phi) is 4.72. The number of halogens is 1. The van der Waals surface area contributed by atoms with Crippen molar-refractivity contribution in [3.63, 3.8) is 0 Å². The first-order valence-corrected chi connectivity index (χ1v) is 7.56. The van der Waals surface area contributed by atoms with Gasteiger partial charge >= 0.3 is 5.97 Å². The molecule has 2 rings (SSSR count). The normalized spacial score (nSPS) is 12.6. The summed E-state index contributed by atoms with van der Waals surface area (Å²) in [5.41, 5.74) is 1.25. The average molecular weight is 312 g/mol. The molecule has 0 aliphatic heterocycles. The lowest BCUT2D eigenvalue weighted by Gasteiger charge is -2.15. The monoisotopic (exact) mass is 312 g/mol. The van der Waals surface area contributed by atoms with Crippen molar-refractivity contribution in [2.24, 2.45) is 0 Å². The molecule has 5 nitrogen and oxygen atoms in total. The van der Waals surface area contributed by atoms with Crippen LogP contribution in [0.3, 0.4) is 0 Å². The van der Waals surface area contributed by atoms with Crippen LogP contribution in [0.25, 0.3) is 11.0 Å². The number of methoxy groups -OCH3 is 1. The molecule has 2 aromatic rings. The van der Waals surface area contributed by atoms with Crippen LogP contribution >= 0.6 is 11.8 Å². The third kappa shape index (κ3) is 3.12. The third-order valence-corrected chi connectivity index (χ3v) is 4.22. The maximum atomic E-state index is 13.8. The van der Waals surface area contributed by atoms with E-state index in [1.165, 1.54) is 13.2 Å². The molecule has 0 radical (unpaired) electrons. The molecular formula is C14H17FN2O3S. The lowest BCUT2D eigenvalue weighted by Crippen LogP contribution is -2.07. The lowest BCUT2D eigenvalue weighted by molar-refractivity contribution is -0.133. The van der Waals surface area contributed by atoms with Crippen LogP contribution in [-0.4, -0.2) is 33.5 Å². The van der Waals surface area contributed by atoms with Crippen molar-refractivity contribution in [2.75, 3.05) is 12.9 Å². The van der Waals surface area contributed by atoms with E-state index in [2.05, 4.69) is 4.98 Å². The van der Waals surface area contributed by atoms with Gasteiger partial charge in [-0.3, -0.25) is 4.79 Å². The number of carboxylic acid groups (broad SMARTS) is 1. The zero-order chi connectivity index (χ0) is 15.6. The summed E-state index contributed by atoms with van der Waals surface area (Å²) in [4.78, 5) is 15.1. The number of nitrogens with zero attached hydrogens (tertiary/aromatic N) is 2. The van der Waals surface area contributed by atoms with Gasteiger partial charge in [-0.2, -0.15) is 0 Å². The van der Waals surface area contributed by atoms with Crippen molar-refractivity contribution in [1.29, 1.82) is 0 Å². The Morgan fingerprint density at radius 2 is 2.29 bits per heavy atom. The van der Waals surface area contributed by atoms with Gasteiger partial charge in [-0.15, -0.1) is 0 Å². The van der Waals surface area contributed by atoms with Gasteiger partial charge in [-0.05, 0) is 13.3 Å². The predicted molar refractivity (Wildman–Crippen MR) is 79.6 cm³/mol. The molecule has 0 aliphatic rings. The van der Waals surface area contributed by atoms with E-state index in [9.17, 15) is 9.18 Å². The van der Waals surface area contributed by atoms with Gasteiger partial charge in [-0.1, -0.05) is 18.7 Å². The standard InChI is InChI=1S/C14H17FN2O3S/c1-4-8(2)17-11-6-12(20-3)9(15)5-10(11)16-14(17)21-7-13(18)19/h5-6,8H,4,7H2,1-3H3,(H,18,19). The summed E-state index contributed by atoms with van der Waals surface area (Å²) in [7, 11) is 1.41. The number of hydrogen-bond acceptors (Lipinski definition) is 4. The molecule has 114 valence electrons. The van der Waals surface area contributed by atoms with E-state index in [0.29, 0.717) is 10.7 Å². The number of carboxylic acids is 1. The first-order chi connectivity index (χ1) is 9.97. The van der Waals surface area contributed by atoms with Gasteiger partial charge < -0.3 is 14.4 Å². The fourth-order valence-corrected chi connectivity index (χ4v) is 2.90. The number of rotatable bonds is 6. The van der Waals surface area contributed by atoms with E-state index in [1.807, 2.05) is 18.4 Å². The highest BCUT2D eigenvalue weighted by molar-refractivity contribution is 7.99. The minimum Gasteiger partial charge on any atom is -0.494 e. The maximum Gasteiger partial charge on any atom is 0.313 e. The molecule has 1 heterocycles. The molecule has 0 fully saturated rings. The molecule has 1 aromatic heterocycles. The molecule has 0 aliphatic carbocycles. The van der Waals surface area contributed by atoms with Gasteiger partial charge in [0, 0.05) is 18.2 Å². The Bertz CT molecular complexity index is 672. The fraction of sp³-hybridized carbons (Fsp3) is 0.429. The molecule has 21 heavy (non-hydrogen) atoms. The van der Waals surface area contributed by atoms with Gasteiger partial charge in [0.2, 0.25) is 0 Å². The van der Waals surface area contributed by atoms with Crippen LogP contribution < -0.4 is 4.74 Å².